The highest BCUT2D eigenvalue weighted by Crippen LogP contribution is 2.42. The molecule has 0 fully saturated rings. The number of aryl methyl sites for hydroxylation is 1. The van der Waals surface area contributed by atoms with Crippen LogP contribution in [0.5, 0.6) is 0 Å². The number of hydrogen-bond donors (Lipinski definition) is 0. The van der Waals surface area contributed by atoms with Crippen LogP contribution in [-0.4, -0.2) is 4.57 Å². The van der Waals surface area contributed by atoms with Crippen LogP contribution in [0.25, 0.3) is 15.7 Å². The van der Waals surface area contributed by atoms with E-state index in [2.05, 4.69) is 4.85 Å². The number of aromatic nitrogens is 1. The molecule has 0 atom stereocenters. The van der Waals surface area contributed by atoms with Gasteiger partial charge < -0.3 is 8.98 Å². The van der Waals surface area contributed by atoms with Crippen molar-refractivity contribution in [1.82, 2.24) is 4.57 Å². The van der Waals surface area contributed by atoms with E-state index in [0.29, 0.717) is 5.69 Å². The highest BCUT2D eigenvalue weighted by molar-refractivity contribution is 5.90. The lowest BCUT2D eigenvalue weighted by atomic mass is 10.1. The number of hydrogen-bond acceptors (Lipinski definition) is 1. The molecule has 0 saturated heterocycles. The van der Waals surface area contributed by atoms with Crippen molar-refractivity contribution in [2.75, 3.05) is 0 Å². The molecule has 3 rings (SSSR count). The van der Waals surface area contributed by atoms with E-state index in [1.807, 2.05) is 0 Å². The van der Waals surface area contributed by atoms with Crippen molar-refractivity contribution in [2.24, 2.45) is 0 Å². The molecule has 2 heterocycles. The molecule has 0 radical (unpaired) electrons. The normalized spacial score (nSPS) is 12.5. The van der Waals surface area contributed by atoms with Gasteiger partial charge >= 0.3 is 12.4 Å². The molecule has 0 bridgehead atoms. The fraction of sp³-hybridized carbons (Fsp3) is 0.235. The zero-order chi connectivity index (χ0) is 19.3. The second kappa shape index (κ2) is 5.83. The molecular formula is C17H10F6N2O. The quantitative estimate of drug-likeness (QED) is 0.389. The maximum absolute atomic E-state index is 13.4. The fourth-order valence-corrected chi connectivity index (χ4v) is 2.83. The Morgan fingerprint density at radius 1 is 1.04 bits per heavy atom. The van der Waals surface area contributed by atoms with Crippen LogP contribution < -0.4 is 0 Å². The summed E-state index contributed by atoms with van der Waals surface area (Å²) < 4.78 is 84.2. The van der Waals surface area contributed by atoms with Crippen molar-refractivity contribution in [2.45, 2.75) is 25.8 Å². The number of benzene rings is 1. The number of furan rings is 1. The number of rotatable bonds is 2. The van der Waals surface area contributed by atoms with Gasteiger partial charge in [-0.3, -0.25) is 0 Å². The van der Waals surface area contributed by atoms with Crippen LogP contribution in [0.4, 0.5) is 32.0 Å². The Morgan fingerprint density at radius 3 is 2.27 bits per heavy atom. The lowest BCUT2D eigenvalue weighted by molar-refractivity contribution is -0.153. The summed E-state index contributed by atoms with van der Waals surface area (Å²) in [6.45, 7) is 8.30. The van der Waals surface area contributed by atoms with E-state index >= 15 is 0 Å². The lowest BCUT2D eigenvalue weighted by Crippen LogP contribution is -2.06. The van der Waals surface area contributed by atoms with Gasteiger partial charge in [-0.15, -0.1) is 0 Å². The molecule has 0 amide bonds. The first-order valence-corrected chi connectivity index (χ1v) is 7.26. The van der Waals surface area contributed by atoms with Crippen molar-refractivity contribution < 1.29 is 30.8 Å². The minimum Gasteiger partial charge on any atom is -0.455 e. The second-order valence-corrected chi connectivity index (χ2v) is 5.64. The predicted molar refractivity (Wildman–Crippen MR) is 80.8 cm³/mol. The van der Waals surface area contributed by atoms with Gasteiger partial charge in [-0.1, -0.05) is 6.07 Å². The Hall–Kier alpha value is -2.89. The molecule has 3 nitrogen and oxygen atoms in total. The van der Waals surface area contributed by atoms with Gasteiger partial charge in [0.2, 0.25) is 5.76 Å². The molecule has 26 heavy (non-hydrogen) atoms. The van der Waals surface area contributed by atoms with Crippen LogP contribution >= 0.6 is 0 Å². The van der Waals surface area contributed by atoms with E-state index in [-0.39, 0.29) is 23.2 Å². The summed E-state index contributed by atoms with van der Waals surface area (Å²) in [5.74, 6) is -1.21. The first-order chi connectivity index (χ1) is 12.0. The zero-order valence-corrected chi connectivity index (χ0v) is 13.2. The fourth-order valence-electron chi connectivity index (χ4n) is 2.83. The molecule has 9 heteroatoms. The largest absolute Gasteiger partial charge is 0.455 e. The summed E-state index contributed by atoms with van der Waals surface area (Å²) in [6, 6.07) is 5.57. The molecule has 0 N–H and O–H groups in total. The molecule has 1 aromatic carbocycles. The Balaban J connectivity index is 2.12. The summed E-state index contributed by atoms with van der Waals surface area (Å²) in [5.41, 5.74) is -1.02. The molecule has 0 aliphatic rings. The molecule has 0 saturated carbocycles. The van der Waals surface area contributed by atoms with E-state index in [1.54, 1.807) is 0 Å². The molecule has 3 aromatic rings. The summed E-state index contributed by atoms with van der Waals surface area (Å²) in [5, 5.41) is -0.175. The number of fused-ring (bicyclic) bond motifs is 1. The van der Waals surface area contributed by atoms with Crippen LogP contribution in [0.3, 0.4) is 0 Å². The van der Waals surface area contributed by atoms with Crippen molar-refractivity contribution in [3.63, 3.8) is 0 Å². The monoisotopic (exact) mass is 372 g/mol. The van der Waals surface area contributed by atoms with Crippen LogP contribution in [0.1, 0.15) is 22.8 Å². The summed E-state index contributed by atoms with van der Waals surface area (Å²) in [6.07, 6.45) is -9.37. The highest BCUT2D eigenvalue weighted by atomic mass is 19.4. The van der Waals surface area contributed by atoms with E-state index in [1.165, 1.54) is 23.6 Å². The Bertz CT molecular complexity index is 1020. The average molecular weight is 372 g/mol. The van der Waals surface area contributed by atoms with Gasteiger partial charge in [-0.05, 0) is 31.2 Å². The minimum atomic E-state index is -4.73. The van der Waals surface area contributed by atoms with Gasteiger partial charge in [-0.2, -0.15) is 26.3 Å². The zero-order valence-electron chi connectivity index (χ0n) is 13.2. The summed E-state index contributed by atoms with van der Waals surface area (Å²) >= 11 is 0. The van der Waals surface area contributed by atoms with Gasteiger partial charge in [0.1, 0.15) is 5.76 Å². The molecule has 0 spiro atoms. The lowest BCUT2D eigenvalue weighted by Gasteiger charge is -2.12. The van der Waals surface area contributed by atoms with E-state index in [9.17, 15) is 26.3 Å². The van der Waals surface area contributed by atoms with Crippen molar-refractivity contribution in [3.8, 4) is 0 Å². The number of alkyl halides is 6. The average Bonchev–Trinajstić information content (AvgIpc) is 3.10. The predicted octanol–water partition coefficient (Wildman–Crippen LogP) is 6.18. The van der Waals surface area contributed by atoms with Crippen molar-refractivity contribution in [1.29, 1.82) is 0 Å². The maximum atomic E-state index is 13.4. The van der Waals surface area contributed by atoms with Gasteiger partial charge in [-0.25, -0.2) is 4.85 Å². The first-order valence-electron chi connectivity index (χ1n) is 7.26. The van der Waals surface area contributed by atoms with Crippen LogP contribution in [-0.2, 0) is 18.9 Å². The Kier molecular flexibility index (Phi) is 4.02. The van der Waals surface area contributed by atoms with E-state index < -0.39 is 29.4 Å². The van der Waals surface area contributed by atoms with E-state index in [0.717, 1.165) is 18.2 Å². The molecule has 0 aliphatic heterocycles. The topological polar surface area (TPSA) is 22.4 Å². The number of halogens is 6. The highest BCUT2D eigenvalue weighted by Gasteiger charge is 2.37. The maximum Gasteiger partial charge on any atom is 0.449 e. The molecular weight excluding hydrogens is 362 g/mol. The third kappa shape index (κ3) is 3.03. The van der Waals surface area contributed by atoms with Crippen molar-refractivity contribution >= 4 is 16.6 Å². The molecule has 2 aromatic heterocycles. The third-order valence-corrected chi connectivity index (χ3v) is 3.93. The smallest absolute Gasteiger partial charge is 0.449 e. The van der Waals surface area contributed by atoms with E-state index in [4.69, 9.17) is 11.0 Å². The van der Waals surface area contributed by atoms with Crippen LogP contribution in [0, 0.1) is 13.5 Å². The minimum absolute atomic E-state index is 0.0410. The van der Waals surface area contributed by atoms with Gasteiger partial charge in [0.25, 0.3) is 0 Å². The summed E-state index contributed by atoms with van der Waals surface area (Å²) in [7, 11) is 0. The van der Waals surface area contributed by atoms with Crippen LogP contribution in [0.2, 0.25) is 0 Å². The SMILES string of the molecule is [C-]#[N+]c1ccc2c(cc(C)n2Cc2ccc(C(F)(F)F)o2)c1C(F)(F)F. The molecule has 0 unspecified atom stereocenters. The molecule has 136 valence electrons. The molecule has 0 aliphatic carbocycles. The third-order valence-electron chi connectivity index (χ3n) is 3.93. The van der Waals surface area contributed by atoms with Crippen LogP contribution in [0.15, 0.2) is 34.7 Å². The Morgan fingerprint density at radius 2 is 1.73 bits per heavy atom. The second-order valence-electron chi connectivity index (χ2n) is 5.64. The first kappa shape index (κ1) is 17.9. The summed E-state index contributed by atoms with van der Waals surface area (Å²) in [4.78, 5) is 2.92. The van der Waals surface area contributed by atoms with Gasteiger partial charge in [0.15, 0.2) is 5.69 Å². The van der Waals surface area contributed by atoms with Gasteiger partial charge in [0, 0.05) is 16.6 Å². The number of nitrogens with zero attached hydrogens (tertiary/aromatic N) is 2. The van der Waals surface area contributed by atoms with Crippen molar-refractivity contribution in [3.05, 3.63) is 64.5 Å². The van der Waals surface area contributed by atoms with Gasteiger partial charge in [0.05, 0.1) is 18.7 Å². The Labute approximate surface area is 143 Å². The standard InChI is InChI=1S/C17H10F6N2O/c1-9-7-11-13(5-4-12(24-2)15(11)17(21,22)23)25(9)8-10-3-6-14(26-10)16(18,19)20/h3-7H,8H2,1H3.